The maximum Gasteiger partial charge on any atom is 0.134 e. The summed E-state index contributed by atoms with van der Waals surface area (Å²) >= 11 is 0. The van der Waals surface area contributed by atoms with Gasteiger partial charge >= 0.3 is 0 Å². The fourth-order valence-corrected chi connectivity index (χ4v) is 1.97. The molecule has 14 heavy (non-hydrogen) atoms. The highest BCUT2D eigenvalue weighted by Gasteiger charge is 2.35. The van der Waals surface area contributed by atoms with Gasteiger partial charge in [-0.2, -0.15) is 0 Å². The van der Waals surface area contributed by atoms with Gasteiger partial charge in [0.15, 0.2) is 0 Å². The zero-order valence-electron chi connectivity index (χ0n) is 8.36. The molecule has 1 aliphatic carbocycles. The Balaban J connectivity index is 2.16. The number of nitrogens with two attached hydrogens (primary N) is 1. The van der Waals surface area contributed by atoms with Crippen molar-refractivity contribution in [2.24, 2.45) is 5.73 Å². The average Bonchev–Trinajstić information content (AvgIpc) is 2.58. The van der Waals surface area contributed by atoms with Crippen LogP contribution in [0, 0.1) is 6.92 Å². The highest BCUT2D eigenvalue weighted by Crippen LogP contribution is 2.34. The van der Waals surface area contributed by atoms with Gasteiger partial charge in [0, 0.05) is 6.07 Å². The van der Waals surface area contributed by atoms with E-state index in [-0.39, 0.29) is 6.10 Å². The Kier molecular flexibility index (Phi) is 2.33. The smallest absolute Gasteiger partial charge is 0.134 e. The number of hydrogen-bond donors (Lipinski definition) is 2. The summed E-state index contributed by atoms with van der Waals surface area (Å²) in [6.07, 6.45) is 2.87. The molecule has 0 spiro atoms. The predicted octanol–water partition coefficient (Wildman–Crippen LogP) is 1.07. The van der Waals surface area contributed by atoms with E-state index < -0.39 is 5.54 Å². The number of hydrogen-bond acceptors (Lipinski definition) is 4. The molecule has 1 aromatic heterocycles. The van der Waals surface area contributed by atoms with Crippen LogP contribution in [0.5, 0.6) is 0 Å². The molecule has 2 rings (SSSR count). The lowest BCUT2D eigenvalue weighted by molar-refractivity contribution is 0.0944. The number of nitrogens with zero attached hydrogens (tertiary/aromatic N) is 1. The van der Waals surface area contributed by atoms with Gasteiger partial charge in [-0.05, 0) is 32.6 Å². The SMILES string of the molecule is Cc1cc(C2(N)CCC(O)CC2)no1. The van der Waals surface area contributed by atoms with E-state index in [0.29, 0.717) is 0 Å². The molecule has 1 saturated carbocycles. The van der Waals surface area contributed by atoms with E-state index in [1.54, 1.807) is 0 Å². The minimum Gasteiger partial charge on any atom is -0.393 e. The van der Waals surface area contributed by atoms with Crippen molar-refractivity contribution in [2.75, 3.05) is 0 Å². The van der Waals surface area contributed by atoms with Crippen molar-refractivity contribution in [1.29, 1.82) is 0 Å². The van der Waals surface area contributed by atoms with Crippen LogP contribution >= 0.6 is 0 Å². The van der Waals surface area contributed by atoms with Gasteiger partial charge in [0.25, 0.3) is 0 Å². The molecule has 4 nitrogen and oxygen atoms in total. The Hall–Kier alpha value is -0.870. The van der Waals surface area contributed by atoms with Crippen LogP contribution in [-0.2, 0) is 5.54 Å². The molecule has 1 fully saturated rings. The van der Waals surface area contributed by atoms with Gasteiger partial charge in [0.1, 0.15) is 11.5 Å². The Morgan fingerprint density at radius 2 is 2.21 bits per heavy atom. The molecule has 3 N–H and O–H groups in total. The molecule has 4 heteroatoms. The van der Waals surface area contributed by atoms with Crippen molar-refractivity contribution in [3.8, 4) is 0 Å². The van der Waals surface area contributed by atoms with Gasteiger partial charge in [0.05, 0.1) is 11.6 Å². The summed E-state index contributed by atoms with van der Waals surface area (Å²) in [6, 6.07) is 1.89. The van der Waals surface area contributed by atoms with Gasteiger partial charge in [-0.1, -0.05) is 5.16 Å². The summed E-state index contributed by atoms with van der Waals surface area (Å²) in [6.45, 7) is 1.86. The lowest BCUT2D eigenvalue weighted by atomic mass is 9.79. The number of aryl methyl sites for hydroxylation is 1. The lowest BCUT2D eigenvalue weighted by Gasteiger charge is -2.33. The van der Waals surface area contributed by atoms with Crippen molar-refractivity contribution < 1.29 is 9.63 Å². The maximum atomic E-state index is 9.39. The number of aliphatic hydroxyl groups excluding tert-OH is 1. The molecule has 0 amide bonds. The van der Waals surface area contributed by atoms with E-state index in [0.717, 1.165) is 37.1 Å². The summed E-state index contributed by atoms with van der Waals surface area (Å²) in [5, 5.41) is 13.3. The molecular formula is C10H16N2O2. The third-order valence-corrected chi connectivity index (χ3v) is 2.99. The fraction of sp³-hybridized carbons (Fsp3) is 0.700. The monoisotopic (exact) mass is 196 g/mol. The van der Waals surface area contributed by atoms with Crippen molar-refractivity contribution in [3.05, 3.63) is 17.5 Å². The largest absolute Gasteiger partial charge is 0.393 e. The van der Waals surface area contributed by atoms with E-state index in [2.05, 4.69) is 5.16 Å². The van der Waals surface area contributed by atoms with Crippen LogP contribution < -0.4 is 5.73 Å². The van der Waals surface area contributed by atoms with E-state index in [1.165, 1.54) is 0 Å². The molecule has 0 aliphatic heterocycles. The van der Waals surface area contributed by atoms with E-state index in [1.807, 2.05) is 13.0 Å². The quantitative estimate of drug-likeness (QED) is 0.704. The Bertz CT molecular complexity index is 314. The Morgan fingerprint density at radius 1 is 1.57 bits per heavy atom. The van der Waals surface area contributed by atoms with Crippen molar-refractivity contribution >= 4 is 0 Å². The second-order valence-corrected chi connectivity index (χ2v) is 4.21. The Labute approximate surface area is 83.1 Å². The normalized spacial score (nSPS) is 33.2. The number of aliphatic hydroxyl groups is 1. The van der Waals surface area contributed by atoms with E-state index in [4.69, 9.17) is 10.3 Å². The molecule has 0 atom stereocenters. The van der Waals surface area contributed by atoms with Crippen LogP contribution in [-0.4, -0.2) is 16.4 Å². The summed E-state index contributed by atoms with van der Waals surface area (Å²) < 4.78 is 5.02. The second-order valence-electron chi connectivity index (χ2n) is 4.21. The van der Waals surface area contributed by atoms with Gasteiger partial charge in [-0.3, -0.25) is 0 Å². The van der Waals surface area contributed by atoms with Crippen LogP contribution in [0.3, 0.4) is 0 Å². The molecule has 0 radical (unpaired) electrons. The summed E-state index contributed by atoms with van der Waals surface area (Å²) in [5.74, 6) is 0.788. The van der Waals surface area contributed by atoms with Gasteiger partial charge in [0.2, 0.25) is 0 Å². The number of rotatable bonds is 1. The molecule has 1 aromatic rings. The van der Waals surface area contributed by atoms with Crippen LogP contribution in [0.1, 0.15) is 37.1 Å². The molecule has 78 valence electrons. The van der Waals surface area contributed by atoms with Crippen LogP contribution in [0.15, 0.2) is 10.6 Å². The first-order chi connectivity index (χ1) is 6.60. The summed E-state index contributed by atoms with van der Waals surface area (Å²) in [7, 11) is 0. The fourth-order valence-electron chi connectivity index (χ4n) is 1.97. The minimum absolute atomic E-state index is 0.195. The summed E-state index contributed by atoms with van der Waals surface area (Å²) in [4.78, 5) is 0. The topological polar surface area (TPSA) is 72.3 Å². The van der Waals surface area contributed by atoms with Crippen LogP contribution in [0.25, 0.3) is 0 Å². The van der Waals surface area contributed by atoms with E-state index in [9.17, 15) is 5.11 Å². The van der Waals surface area contributed by atoms with Gasteiger partial charge in [-0.25, -0.2) is 0 Å². The third-order valence-electron chi connectivity index (χ3n) is 2.99. The van der Waals surface area contributed by atoms with Gasteiger partial charge in [-0.15, -0.1) is 0 Å². The first-order valence-electron chi connectivity index (χ1n) is 5.01. The average molecular weight is 196 g/mol. The van der Waals surface area contributed by atoms with Crippen LogP contribution in [0.4, 0.5) is 0 Å². The van der Waals surface area contributed by atoms with Crippen molar-refractivity contribution in [2.45, 2.75) is 44.2 Å². The first kappa shape index (κ1) is 9.68. The zero-order chi connectivity index (χ0) is 10.2. The zero-order valence-corrected chi connectivity index (χ0v) is 8.36. The molecule has 0 unspecified atom stereocenters. The molecule has 1 aliphatic rings. The summed E-state index contributed by atoms with van der Waals surface area (Å²) in [5.41, 5.74) is 6.65. The Morgan fingerprint density at radius 3 is 2.71 bits per heavy atom. The standard InChI is InChI=1S/C10H16N2O2/c1-7-6-9(12-14-7)10(11)4-2-8(13)3-5-10/h6,8,13H,2-5,11H2,1H3. The predicted molar refractivity (Wildman–Crippen MR) is 51.6 cm³/mol. The minimum atomic E-state index is -0.392. The third kappa shape index (κ3) is 1.67. The first-order valence-corrected chi connectivity index (χ1v) is 5.01. The van der Waals surface area contributed by atoms with Crippen LogP contribution in [0.2, 0.25) is 0 Å². The lowest BCUT2D eigenvalue weighted by Crippen LogP contribution is -2.41. The number of aromatic nitrogens is 1. The van der Waals surface area contributed by atoms with E-state index >= 15 is 0 Å². The molecule has 0 bridgehead atoms. The highest BCUT2D eigenvalue weighted by molar-refractivity contribution is 5.16. The van der Waals surface area contributed by atoms with Crippen molar-refractivity contribution in [1.82, 2.24) is 5.16 Å². The molecule has 0 saturated heterocycles. The molecular weight excluding hydrogens is 180 g/mol. The van der Waals surface area contributed by atoms with Gasteiger partial charge < -0.3 is 15.4 Å². The molecule has 0 aromatic carbocycles. The maximum absolute atomic E-state index is 9.39. The van der Waals surface area contributed by atoms with Crippen molar-refractivity contribution in [3.63, 3.8) is 0 Å². The highest BCUT2D eigenvalue weighted by atomic mass is 16.5. The second kappa shape index (κ2) is 3.37. The molecule has 1 heterocycles.